The van der Waals surface area contributed by atoms with E-state index in [0.29, 0.717) is 18.2 Å². The maximum absolute atomic E-state index is 13.3. The van der Waals surface area contributed by atoms with Crippen molar-refractivity contribution in [3.63, 3.8) is 0 Å². The first-order chi connectivity index (χ1) is 12.6. The Labute approximate surface area is 158 Å². The number of carbonyl (C=O) groups excluding carboxylic acids is 1. The van der Waals surface area contributed by atoms with Gasteiger partial charge in [-0.25, -0.2) is 4.39 Å². The number of carbonyl (C=O) groups is 1. The van der Waals surface area contributed by atoms with E-state index in [0.717, 1.165) is 19.5 Å². The van der Waals surface area contributed by atoms with Crippen LogP contribution in [0.5, 0.6) is 0 Å². The second-order valence-electron chi connectivity index (χ2n) is 7.19. The zero-order valence-electron chi connectivity index (χ0n) is 14.6. The molecule has 0 radical (unpaired) electrons. The highest BCUT2D eigenvalue weighted by Crippen LogP contribution is 2.30. The quantitative estimate of drug-likeness (QED) is 0.809. The molecule has 0 spiro atoms. The van der Waals surface area contributed by atoms with Gasteiger partial charge in [0.15, 0.2) is 0 Å². The van der Waals surface area contributed by atoms with E-state index in [1.54, 1.807) is 0 Å². The Morgan fingerprint density at radius 1 is 1.12 bits per heavy atom. The third kappa shape index (κ3) is 3.76. The molecular weight excluding hydrogens is 351 g/mol. The van der Waals surface area contributed by atoms with Crippen molar-refractivity contribution in [2.75, 3.05) is 19.6 Å². The molecule has 26 heavy (non-hydrogen) atoms. The van der Waals surface area contributed by atoms with E-state index >= 15 is 0 Å². The first-order valence-electron chi connectivity index (χ1n) is 9.16. The highest BCUT2D eigenvalue weighted by molar-refractivity contribution is 6.33. The predicted octanol–water partition coefficient (Wildman–Crippen LogP) is 4.01. The average Bonchev–Trinajstić information content (AvgIpc) is 3.47. The van der Waals surface area contributed by atoms with Gasteiger partial charge in [0.05, 0.1) is 10.6 Å². The number of hydrogen-bond donors (Lipinski definition) is 0. The molecule has 3 nitrogen and oxygen atoms in total. The van der Waals surface area contributed by atoms with Crippen molar-refractivity contribution in [2.24, 2.45) is 0 Å². The zero-order valence-corrected chi connectivity index (χ0v) is 15.3. The number of hydrogen-bond acceptors (Lipinski definition) is 2. The molecule has 1 atom stereocenters. The molecule has 0 bridgehead atoms. The number of benzene rings is 2. The fourth-order valence-corrected chi connectivity index (χ4v) is 4.04. The summed E-state index contributed by atoms with van der Waals surface area (Å²) in [6.07, 6.45) is 3.33. The van der Waals surface area contributed by atoms with Crippen LogP contribution in [0.2, 0.25) is 5.02 Å². The minimum atomic E-state index is -0.425. The molecule has 1 saturated carbocycles. The summed E-state index contributed by atoms with van der Waals surface area (Å²) >= 11 is 6.14. The highest BCUT2D eigenvalue weighted by Gasteiger charge is 2.37. The van der Waals surface area contributed by atoms with Gasteiger partial charge in [0.25, 0.3) is 5.91 Å². The number of piperazine rings is 1. The van der Waals surface area contributed by atoms with Gasteiger partial charge in [-0.3, -0.25) is 9.69 Å². The number of nitrogens with zero attached hydrogens (tertiary/aromatic N) is 2. The lowest BCUT2D eigenvalue weighted by atomic mass is 10.0. The summed E-state index contributed by atoms with van der Waals surface area (Å²) in [5.41, 5.74) is 1.60. The molecule has 4 rings (SSSR count). The molecule has 2 aromatic carbocycles. The van der Waals surface area contributed by atoms with Gasteiger partial charge in [-0.1, -0.05) is 41.9 Å². The van der Waals surface area contributed by atoms with E-state index in [1.165, 1.54) is 36.6 Å². The summed E-state index contributed by atoms with van der Waals surface area (Å²) in [5.74, 6) is -0.530. The molecule has 1 unspecified atom stereocenters. The minimum Gasteiger partial charge on any atom is -0.333 e. The van der Waals surface area contributed by atoms with Crippen LogP contribution in [0.25, 0.3) is 0 Å². The molecule has 1 amide bonds. The Kier molecular flexibility index (Phi) is 4.96. The molecule has 2 aliphatic rings. The summed E-state index contributed by atoms with van der Waals surface area (Å²) in [7, 11) is 0. The van der Waals surface area contributed by atoms with Crippen LogP contribution in [0, 0.1) is 5.82 Å². The lowest BCUT2D eigenvalue weighted by Crippen LogP contribution is -2.56. The van der Waals surface area contributed by atoms with Gasteiger partial charge in [-0.15, -0.1) is 0 Å². The molecule has 2 aromatic rings. The SMILES string of the molecule is O=C(c1ccc(F)cc1Cl)N1CCN(C2CC2)CC1Cc1ccccc1. The van der Waals surface area contributed by atoms with Gasteiger partial charge in [0.1, 0.15) is 5.82 Å². The molecule has 0 N–H and O–H groups in total. The van der Waals surface area contributed by atoms with E-state index in [-0.39, 0.29) is 17.0 Å². The Hall–Kier alpha value is -1.91. The van der Waals surface area contributed by atoms with Crippen molar-refractivity contribution in [2.45, 2.75) is 31.3 Å². The lowest BCUT2D eigenvalue weighted by molar-refractivity contribution is 0.0437. The zero-order chi connectivity index (χ0) is 18.1. The first kappa shape index (κ1) is 17.5. The van der Waals surface area contributed by atoms with Crippen LogP contribution >= 0.6 is 11.6 Å². The van der Waals surface area contributed by atoms with Crippen molar-refractivity contribution in [3.8, 4) is 0 Å². The second-order valence-corrected chi connectivity index (χ2v) is 7.60. The largest absolute Gasteiger partial charge is 0.333 e. The van der Waals surface area contributed by atoms with Crippen LogP contribution in [0.4, 0.5) is 4.39 Å². The summed E-state index contributed by atoms with van der Waals surface area (Å²) in [4.78, 5) is 17.6. The van der Waals surface area contributed by atoms with Crippen molar-refractivity contribution in [1.29, 1.82) is 0 Å². The molecule has 5 heteroatoms. The molecule has 0 aromatic heterocycles. The smallest absolute Gasteiger partial charge is 0.255 e. The van der Waals surface area contributed by atoms with Crippen LogP contribution in [0.1, 0.15) is 28.8 Å². The van der Waals surface area contributed by atoms with Crippen molar-refractivity contribution in [3.05, 3.63) is 70.5 Å². The Morgan fingerprint density at radius 3 is 2.58 bits per heavy atom. The van der Waals surface area contributed by atoms with Gasteiger partial charge in [0, 0.05) is 31.7 Å². The van der Waals surface area contributed by atoms with Gasteiger partial charge in [-0.2, -0.15) is 0 Å². The normalized spacial score (nSPS) is 21.0. The Morgan fingerprint density at radius 2 is 1.88 bits per heavy atom. The Balaban J connectivity index is 1.58. The number of halogens is 2. The third-order valence-corrected chi connectivity index (χ3v) is 5.63. The average molecular weight is 373 g/mol. The topological polar surface area (TPSA) is 23.6 Å². The number of amides is 1. The number of rotatable bonds is 4. The Bertz CT molecular complexity index is 794. The van der Waals surface area contributed by atoms with Gasteiger partial charge >= 0.3 is 0 Å². The predicted molar refractivity (Wildman–Crippen MR) is 101 cm³/mol. The molecule has 1 aliphatic carbocycles. The van der Waals surface area contributed by atoms with E-state index < -0.39 is 5.82 Å². The van der Waals surface area contributed by atoms with Gasteiger partial charge < -0.3 is 4.90 Å². The first-order valence-corrected chi connectivity index (χ1v) is 9.53. The second kappa shape index (κ2) is 7.37. The lowest BCUT2D eigenvalue weighted by Gasteiger charge is -2.42. The molecular formula is C21H22ClFN2O. The van der Waals surface area contributed by atoms with Crippen LogP contribution in [0.15, 0.2) is 48.5 Å². The summed E-state index contributed by atoms with van der Waals surface area (Å²) in [6.45, 7) is 2.45. The van der Waals surface area contributed by atoms with E-state index in [2.05, 4.69) is 17.0 Å². The third-order valence-electron chi connectivity index (χ3n) is 5.31. The minimum absolute atomic E-state index is 0.0976. The van der Waals surface area contributed by atoms with Gasteiger partial charge in [0.2, 0.25) is 0 Å². The van der Waals surface area contributed by atoms with Gasteiger partial charge in [-0.05, 0) is 43.0 Å². The van der Waals surface area contributed by atoms with Crippen molar-refractivity contribution in [1.82, 2.24) is 9.80 Å². The van der Waals surface area contributed by atoms with Crippen LogP contribution < -0.4 is 0 Å². The fraction of sp³-hybridized carbons (Fsp3) is 0.381. The van der Waals surface area contributed by atoms with Crippen molar-refractivity contribution >= 4 is 17.5 Å². The fourth-order valence-electron chi connectivity index (χ4n) is 3.80. The standard InChI is InChI=1S/C21H22ClFN2O/c22-20-13-16(23)6-9-19(20)21(26)25-11-10-24(17-7-8-17)14-18(25)12-15-4-2-1-3-5-15/h1-6,9,13,17-18H,7-8,10-12,14H2. The molecule has 1 saturated heterocycles. The van der Waals surface area contributed by atoms with Crippen molar-refractivity contribution < 1.29 is 9.18 Å². The molecule has 136 valence electrons. The van der Waals surface area contributed by atoms with E-state index in [1.807, 2.05) is 23.1 Å². The molecule has 1 aliphatic heterocycles. The monoisotopic (exact) mass is 372 g/mol. The maximum Gasteiger partial charge on any atom is 0.255 e. The molecule has 1 heterocycles. The summed E-state index contributed by atoms with van der Waals surface area (Å²) in [6, 6.07) is 15.0. The van der Waals surface area contributed by atoms with Crippen LogP contribution in [-0.4, -0.2) is 47.4 Å². The van der Waals surface area contributed by atoms with E-state index in [4.69, 9.17) is 11.6 Å². The summed E-state index contributed by atoms with van der Waals surface area (Å²) < 4.78 is 13.3. The summed E-state index contributed by atoms with van der Waals surface area (Å²) in [5, 5.41) is 0.179. The van der Waals surface area contributed by atoms with Crippen LogP contribution in [0.3, 0.4) is 0 Å². The molecule has 2 fully saturated rings. The highest BCUT2D eigenvalue weighted by atomic mass is 35.5. The van der Waals surface area contributed by atoms with Crippen LogP contribution in [-0.2, 0) is 6.42 Å². The van der Waals surface area contributed by atoms with E-state index in [9.17, 15) is 9.18 Å². The maximum atomic E-state index is 13.3.